The number of carbonyl (C=O) groups is 1. The van der Waals surface area contributed by atoms with Gasteiger partial charge in [0, 0.05) is 18.8 Å². The highest BCUT2D eigenvalue weighted by atomic mass is 32.2. The smallest absolute Gasteiger partial charge is 0.243 e. The summed E-state index contributed by atoms with van der Waals surface area (Å²) < 4.78 is 26.9. The van der Waals surface area contributed by atoms with Crippen LogP contribution in [-0.2, 0) is 34.1 Å². The van der Waals surface area contributed by atoms with Crippen molar-refractivity contribution in [3.05, 3.63) is 58.7 Å². The number of hydrogen-bond donors (Lipinski definition) is 1. The van der Waals surface area contributed by atoms with Gasteiger partial charge in [-0.3, -0.25) is 4.79 Å². The summed E-state index contributed by atoms with van der Waals surface area (Å²) in [6.07, 6.45) is 3.65. The van der Waals surface area contributed by atoms with E-state index in [4.69, 9.17) is 0 Å². The van der Waals surface area contributed by atoms with E-state index in [0.29, 0.717) is 18.8 Å². The molecule has 1 amide bonds. The van der Waals surface area contributed by atoms with Gasteiger partial charge in [0.2, 0.25) is 15.9 Å². The van der Waals surface area contributed by atoms with Gasteiger partial charge in [0.15, 0.2) is 0 Å². The van der Waals surface area contributed by atoms with Crippen molar-refractivity contribution in [2.45, 2.75) is 51.3 Å². The third-order valence-corrected chi connectivity index (χ3v) is 7.40. The number of nitrogens with zero attached hydrogens (tertiary/aromatic N) is 1. The van der Waals surface area contributed by atoms with Crippen LogP contribution < -0.4 is 5.32 Å². The van der Waals surface area contributed by atoms with E-state index in [1.165, 1.54) is 21.9 Å². The summed E-state index contributed by atoms with van der Waals surface area (Å²) in [4.78, 5) is 12.8. The molecule has 0 fully saturated rings. The van der Waals surface area contributed by atoms with E-state index in [-0.39, 0.29) is 17.2 Å². The number of aryl methyl sites for hydroxylation is 3. The molecule has 0 aliphatic heterocycles. The molecule has 3 rings (SSSR count). The van der Waals surface area contributed by atoms with Crippen LogP contribution in [0.15, 0.2) is 41.3 Å². The first-order valence-corrected chi connectivity index (χ1v) is 11.3. The topological polar surface area (TPSA) is 66.5 Å². The quantitative estimate of drug-likeness (QED) is 0.771. The SMILES string of the molecule is CCN(CC)S(=O)(=O)c1ccc(C)c(NC(=O)Cc2ccc3c(c2)CCC3)c1. The van der Waals surface area contributed by atoms with Crippen molar-refractivity contribution in [3.63, 3.8) is 0 Å². The Morgan fingerprint density at radius 3 is 2.46 bits per heavy atom. The molecule has 0 spiro atoms. The molecule has 0 radical (unpaired) electrons. The Morgan fingerprint density at radius 2 is 1.75 bits per heavy atom. The van der Waals surface area contributed by atoms with Crippen LogP contribution in [0.3, 0.4) is 0 Å². The maximum atomic E-state index is 12.8. The lowest BCUT2D eigenvalue weighted by Crippen LogP contribution is -2.30. The zero-order valence-electron chi connectivity index (χ0n) is 16.8. The number of nitrogens with one attached hydrogen (secondary N) is 1. The van der Waals surface area contributed by atoms with E-state index in [0.717, 1.165) is 24.0 Å². The van der Waals surface area contributed by atoms with Crippen LogP contribution in [0.2, 0.25) is 0 Å². The van der Waals surface area contributed by atoms with Gasteiger partial charge < -0.3 is 5.32 Å². The van der Waals surface area contributed by atoms with Crippen molar-refractivity contribution < 1.29 is 13.2 Å². The van der Waals surface area contributed by atoms with Gasteiger partial charge in [-0.1, -0.05) is 38.1 Å². The van der Waals surface area contributed by atoms with Crippen molar-refractivity contribution in [2.24, 2.45) is 0 Å². The largest absolute Gasteiger partial charge is 0.326 e. The van der Waals surface area contributed by atoms with Crippen LogP contribution in [0, 0.1) is 6.92 Å². The summed E-state index contributed by atoms with van der Waals surface area (Å²) in [6, 6.07) is 11.1. The molecule has 28 heavy (non-hydrogen) atoms. The predicted octanol–water partition coefficient (Wildman–Crippen LogP) is 3.70. The first-order chi connectivity index (χ1) is 13.3. The molecular weight excluding hydrogens is 372 g/mol. The zero-order chi connectivity index (χ0) is 20.3. The fourth-order valence-corrected chi connectivity index (χ4v) is 5.21. The third kappa shape index (κ3) is 4.28. The van der Waals surface area contributed by atoms with Crippen LogP contribution in [0.25, 0.3) is 0 Å². The monoisotopic (exact) mass is 400 g/mol. The normalized spacial score (nSPS) is 13.6. The molecule has 6 heteroatoms. The Kier molecular flexibility index (Phi) is 6.20. The van der Waals surface area contributed by atoms with Gasteiger partial charge in [0.25, 0.3) is 0 Å². The minimum absolute atomic E-state index is 0.140. The number of anilines is 1. The maximum Gasteiger partial charge on any atom is 0.243 e. The number of rotatable bonds is 7. The number of benzene rings is 2. The molecule has 0 atom stereocenters. The summed E-state index contributed by atoms with van der Waals surface area (Å²) in [5.41, 5.74) is 5.09. The molecule has 0 bridgehead atoms. The van der Waals surface area contributed by atoms with Crippen LogP contribution in [0.1, 0.15) is 42.5 Å². The van der Waals surface area contributed by atoms with Gasteiger partial charge in [-0.05, 0) is 60.6 Å². The Labute approximate surface area is 167 Å². The molecule has 0 aromatic heterocycles. The van der Waals surface area contributed by atoms with Crippen LogP contribution in [-0.4, -0.2) is 31.7 Å². The van der Waals surface area contributed by atoms with Crippen molar-refractivity contribution in [1.29, 1.82) is 0 Å². The number of sulfonamides is 1. The van der Waals surface area contributed by atoms with Gasteiger partial charge in [-0.2, -0.15) is 4.31 Å². The summed E-state index contributed by atoms with van der Waals surface area (Å²) in [5.74, 6) is -0.140. The Balaban J connectivity index is 1.77. The maximum absolute atomic E-state index is 12.8. The zero-order valence-corrected chi connectivity index (χ0v) is 17.6. The van der Waals surface area contributed by atoms with E-state index in [9.17, 15) is 13.2 Å². The van der Waals surface area contributed by atoms with Crippen LogP contribution >= 0.6 is 0 Å². The Bertz CT molecular complexity index is 979. The minimum Gasteiger partial charge on any atom is -0.326 e. The van der Waals surface area contributed by atoms with Crippen LogP contribution in [0.4, 0.5) is 5.69 Å². The number of fused-ring (bicyclic) bond motifs is 1. The molecule has 150 valence electrons. The predicted molar refractivity (Wildman–Crippen MR) is 112 cm³/mol. The lowest BCUT2D eigenvalue weighted by Gasteiger charge is -2.19. The first-order valence-electron chi connectivity index (χ1n) is 9.86. The number of carbonyl (C=O) groups excluding carboxylic acids is 1. The van der Waals surface area contributed by atoms with Crippen molar-refractivity contribution in [2.75, 3.05) is 18.4 Å². The number of hydrogen-bond acceptors (Lipinski definition) is 3. The van der Waals surface area contributed by atoms with Gasteiger partial charge in [0.1, 0.15) is 0 Å². The summed E-state index contributed by atoms with van der Waals surface area (Å²) in [5, 5.41) is 2.89. The second-order valence-corrected chi connectivity index (χ2v) is 9.19. The van der Waals surface area contributed by atoms with Crippen molar-refractivity contribution >= 4 is 21.6 Å². The van der Waals surface area contributed by atoms with E-state index in [2.05, 4.69) is 17.4 Å². The fourth-order valence-electron chi connectivity index (χ4n) is 3.72. The molecule has 2 aromatic carbocycles. The van der Waals surface area contributed by atoms with Gasteiger partial charge in [-0.15, -0.1) is 0 Å². The number of amides is 1. The molecule has 0 saturated heterocycles. The Hall–Kier alpha value is -2.18. The summed E-state index contributed by atoms with van der Waals surface area (Å²) >= 11 is 0. The second kappa shape index (κ2) is 8.45. The summed E-state index contributed by atoms with van der Waals surface area (Å²) in [7, 11) is -3.56. The van der Waals surface area contributed by atoms with Crippen molar-refractivity contribution in [1.82, 2.24) is 4.31 Å². The van der Waals surface area contributed by atoms with Crippen LogP contribution in [0.5, 0.6) is 0 Å². The highest BCUT2D eigenvalue weighted by Crippen LogP contribution is 2.25. The lowest BCUT2D eigenvalue weighted by molar-refractivity contribution is -0.115. The second-order valence-electron chi connectivity index (χ2n) is 7.25. The molecule has 1 aliphatic carbocycles. The lowest BCUT2D eigenvalue weighted by atomic mass is 10.0. The fraction of sp³-hybridized carbons (Fsp3) is 0.409. The van der Waals surface area contributed by atoms with Gasteiger partial charge >= 0.3 is 0 Å². The van der Waals surface area contributed by atoms with E-state index < -0.39 is 10.0 Å². The highest BCUT2D eigenvalue weighted by Gasteiger charge is 2.22. The molecule has 0 heterocycles. The van der Waals surface area contributed by atoms with E-state index in [1.54, 1.807) is 18.2 Å². The third-order valence-electron chi connectivity index (χ3n) is 5.35. The van der Waals surface area contributed by atoms with Gasteiger partial charge in [-0.25, -0.2) is 8.42 Å². The van der Waals surface area contributed by atoms with Crippen molar-refractivity contribution in [3.8, 4) is 0 Å². The molecule has 1 aliphatic rings. The highest BCUT2D eigenvalue weighted by molar-refractivity contribution is 7.89. The standard InChI is InChI=1S/C22H28N2O3S/c1-4-24(5-2)28(26,27)20-12-9-16(3)21(15-20)23-22(25)14-17-10-11-18-7-6-8-19(18)13-17/h9-13,15H,4-8,14H2,1-3H3,(H,23,25). The molecule has 2 aromatic rings. The average molecular weight is 401 g/mol. The van der Waals surface area contributed by atoms with E-state index >= 15 is 0 Å². The molecule has 0 unspecified atom stereocenters. The molecule has 5 nitrogen and oxygen atoms in total. The summed E-state index contributed by atoms with van der Waals surface area (Å²) in [6.45, 7) is 6.31. The first kappa shape index (κ1) is 20.6. The average Bonchev–Trinajstić information content (AvgIpc) is 3.12. The minimum atomic E-state index is -3.56. The molecular formula is C22H28N2O3S. The molecule has 0 saturated carbocycles. The van der Waals surface area contributed by atoms with E-state index in [1.807, 2.05) is 26.8 Å². The van der Waals surface area contributed by atoms with Gasteiger partial charge in [0.05, 0.1) is 11.3 Å². The molecule has 1 N–H and O–H groups in total. The Morgan fingerprint density at radius 1 is 1.04 bits per heavy atom.